The number of pyridine rings is 1. The third-order valence-electron chi connectivity index (χ3n) is 2.42. The van der Waals surface area contributed by atoms with Crippen molar-refractivity contribution in [2.75, 3.05) is 18.2 Å². The van der Waals surface area contributed by atoms with E-state index in [4.69, 9.17) is 10.5 Å². The summed E-state index contributed by atoms with van der Waals surface area (Å²) in [4.78, 5) is 5.55. The van der Waals surface area contributed by atoms with Crippen molar-refractivity contribution >= 4 is 22.8 Å². The van der Waals surface area contributed by atoms with Gasteiger partial charge in [-0.3, -0.25) is 0 Å². The van der Waals surface area contributed by atoms with Crippen molar-refractivity contribution < 1.29 is 4.74 Å². The summed E-state index contributed by atoms with van der Waals surface area (Å²) in [7, 11) is 1.56. The monoisotopic (exact) mass is 249 g/mol. The average Bonchev–Trinajstić information content (AvgIpc) is 2.85. The lowest BCUT2D eigenvalue weighted by molar-refractivity contribution is 0.401. The summed E-state index contributed by atoms with van der Waals surface area (Å²) < 4.78 is 5.08. The van der Waals surface area contributed by atoms with Crippen molar-refractivity contribution in [1.82, 2.24) is 4.98 Å². The maximum atomic E-state index is 5.71. The van der Waals surface area contributed by atoms with Crippen molar-refractivity contribution in [2.45, 2.75) is 13.0 Å². The zero-order chi connectivity index (χ0) is 12.3. The van der Waals surface area contributed by atoms with Crippen LogP contribution < -0.4 is 15.8 Å². The van der Waals surface area contributed by atoms with Crippen LogP contribution in [-0.2, 0) is 0 Å². The number of anilines is 2. The van der Waals surface area contributed by atoms with Crippen molar-refractivity contribution in [3.63, 3.8) is 0 Å². The second-order valence-corrected chi connectivity index (χ2v) is 4.66. The fourth-order valence-electron chi connectivity index (χ4n) is 1.53. The molecule has 90 valence electrons. The highest BCUT2D eigenvalue weighted by Crippen LogP contribution is 2.25. The minimum atomic E-state index is 0.218. The largest absolute Gasteiger partial charge is 0.479 e. The second kappa shape index (κ2) is 5.05. The van der Waals surface area contributed by atoms with Gasteiger partial charge in [0.05, 0.1) is 18.8 Å². The molecule has 17 heavy (non-hydrogen) atoms. The predicted molar refractivity (Wildman–Crippen MR) is 71.6 cm³/mol. The topological polar surface area (TPSA) is 60.2 Å². The van der Waals surface area contributed by atoms with Crippen LogP contribution in [0.3, 0.4) is 0 Å². The summed E-state index contributed by atoms with van der Waals surface area (Å²) in [6.45, 7) is 2.09. The maximum Gasteiger partial charge on any atom is 0.238 e. The van der Waals surface area contributed by atoms with Crippen LogP contribution >= 0.6 is 11.3 Å². The van der Waals surface area contributed by atoms with E-state index in [-0.39, 0.29) is 6.04 Å². The van der Waals surface area contributed by atoms with Crippen LogP contribution in [0.2, 0.25) is 0 Å². The molecule has 0 bridgehead atoms. The van der Waals surface area contributed by atoms with E-state index in [1.807, 2.05) is 12.1 Å². The number of hydrogen-bond donors (Lipinski definition) is 2. The normalized spacial score (nSPS) is 12.1. The molecular formula is C12H15N3OS. The standard InChI is InChI=1S/C12H15N3OS/c1-8(10-4-3-7-17-10)14-11-6-5-9(13)12(15-11)16-2/h3-8H,13H2,1-2H3,(H,14,15). The van der Waals surface area contributed by atoms with Crippen LogP contribution in [0, 0.1) is 0 Å². The Bertz CT molecular complexity index is 485. The maximum absolute atomic E-state index is 5.71. The van der Waals surface area contributed by atoms with Gasteiger partial charge in [0.2, 0.25) is 5.88 Å². The number of thiophene rings is 1. The van der Waals surface area contributed by atoms with E-state index in [0.717, 1.165) is 5.82 Å². The van der Waals surface area contributed by atoms with Crippen LogP contribution in [-0.4, -0.2) is 12.1 Å². The first-order valence-electron chi connectivity index (χ1n) is 5.31. The average molecular weight is 249 g/mol. The Morgan fingerprint density at radius 1 is 1.41 bits per heavy atom. The molecule has 0 aliphatic rings. The summed E-state index contributed by atoms with van der Waals surface area (Å²) in [6, 6.07) is 7.99. The number of aromatic nitrogens is 1. The summed E-state index contributed by atoms with van der Waals surface area (Å²) >= 11 is 1.72. The first-order valence-corrected chi connectivity index (χ1v) is 6.19. The number of rotatable bonds is 4. The summed E-state index contributed by atoms with van der Waals surface area (Å²) in [5.74, 6) is 1.21. The summed E-state index contributed by atoms with van der Waals surface area (Å²) in [6.07, 6.45) is 0. The quantitative estimate of drug-likeness (QED) is 0.874. The lowest BCUT2D eigenvalue weighted by atomic mass is 10.2. The molecule has 0 aliphatic carbocycles. The van der Waals surface area contributed by atoms with Gasteiger partial charge >= 0.3 is 0 Å². The molecule has 2 heterocycles. The van der Waals surface area contributed by atoms with Gasteiger partial charge in [0.15, 0.2) is 0 Å². The fraction of sp³-hybridized carbons (Fsp3) is 0.250. The molecule has 2 aromatic heterocycles. The van der Waals surface area contributed by atoms with Crippen LogP contribution in [0.15, 0.2) is 29.6 Å². The highest BCUT2D eigenvalue weighted by atomic mass is 32.1. The van der Waals surface area contributed by atoms with Crippen molar-refractivity contribution in [3.05, 3.63) is 34.5 Å². The molecule has 0 amide bonds. The first kappa shape index (κ1) is 11.7. The Hall–Kier alpha value is -1.75. The smallest absolute Gasteiger partial charge is 0.238 e. The van der Waals surface area contributed by atoms with Crippen LogP contribution in [0.4, 0.5) is 11.5 Å². The molecule has 2 rings (SSSR count). The van der Waals surface area contributed by atoms with Gasteiger partial charge in [-0.15, -0.1) is 11.3 Å². The van der Waals surface area contributed by atoms with E-state index in [0.29, 0.717) is 11.6 Å². The fourth-order valence-corrected chi connectivity index (χ4v) is 2.26. The van der Waals surface area contributed by atoms with Gasteiger partial charge in [0, 0.05) is 4.88 Å². The number of methoxy groups -OCH3 is 1. The molecule has 1 unspecified atom stereocenters. The molecule has 4 nitrogen and oxygen atoms in total. The number of hydrogen-bond acceptors (Lipinski definition) is 5. The van der Waals surface area contributed by atoms with Crippen LogP contribution in [0.1, 0.15) is 17.8 Å². The molecule has 0 saturated carbocycles. The van der Waals surface area contributed by atoms with Gasteiger partial charge in [-0.1, -0.05) is 6.07 Å². The molecule has 0 fully saturated rings. The third-order valence-corrected chi connectivity index (χ3v) is 3.47. The van der Waals surface area contributed by atoms with Gasteiger partial charge in [-0.25, -0.2) is 0 Å². The van der Waals surface area contributed by atoms with E-state index in [9.17, 15) is 0 Å². The summed E-state index contributed by atoms with van der Waals surface area (Å²) in [5, 5.41) is 5.37. The Balaban J connectivity index is 2.13. The molecule has 0 saturated heterocycles. The molecule has 2 aromatic rings. The van der Waals surface area contributed by atoms with Crippen molar-refractivity contribution in [2.24, 2.45) is 0 Å². The molecule has 3 N–H and O–H groups in total. The van der Waals surface area contributed by atoms with Crippen LogP contribution in [0.5, 0.6) is 5.88 Å². The first-order chi connectivity index (χ1) is 8.20. The van der Waals surface area contributed by atoms with Crippen molar-refractivity contribution in [3.8, 4) is 5.88 Å². The number of nitrogens with zero attached hydrogens (tertiary/aromatic N) is 1. The molecular weight excluding hydrogens is 234 g/mol. The number of ether oxygens (including phenoxy) is 1. The van der Waals surface area contributed by atoms with Gasteiger partial charge in [0.25, 0.3) is 0 Å². The number of nitrogens with one attached hydrogen (secondary N) is 1. The van der Waals surface area contributed by atoms with Gasteiger partial charge in [0.1, 0.15) is 5.82 Å². The zero-order valence-corrected chi connectivity index (χ0v) is 10.6. The van der Waals surface area contributed by atoms with Gasteiger partial charge < -0.3 is 15.8 Å². The molecule has 0 spiro atoms. The third kappa shape index (κ3) is 2.68. The Kier molecular flexibility index (Phi) is 3.49. The van der Waals surface area contributed by atoms with E-state index < -0.39 is 0 Å². The van der Waals surface area contributed by atoms with Crippen molar-refractivity contribution in [1.29, 1.82) is 0 Å². The minimum Gasteiger partial charge on any atom is -0.479 e. The molecule has 0 aliphatic heterocycles. The molecule has 0 aromatic carbocycles. The van der Waals surface area contributed by atoms with E-state index in [2.05, 4.69) is 28.7 Å². The van der Waals surface area contributed by atoms with E-state index >= 15 is 0 Å². The Morgan fingerprint density at radius 2 is 2.24 bits per heavy atom. The SMILES string of the molecule is COc1nc(NC(C)c2cccs2)ccc1N. The molecule has 0 radical (unpaired) electrons. The zero-order valence-electron chi connectivity index (χ0n) is 9.81. The lowest BCUT2D eigenvalue weighted by Crippen LogP contribution is -2.07. The minimum absolute atomic E-state index is 0.218. The Labute approximate surface area is 104 Å². The predicted octanol–water partition coefficient (Wildman–Crippen LogP) is 2.91. The lowest BCUT2D eigenvalue weighted by Gasteiger charge is -2.14. The summed E-state index contributed by atoms with van der Waals surface area (Å²) in [5.41, 5.74) is 6.26. The second-order valence-electron chi connectivity index (χ2n) is 3.68. The molecule has 1 atom stereocenters. The highest BCUT2D eigenvalue weighted by molar-refractivity contribution is 7.10. The van der Waals surface area contributed by atoms with Crippen LogP contribution in [0.25, 0.3) is 0 Å². The van der Waals surface area contributed by atoms with Gasteiger partial charge in [-0.2, -0.15) is 4.98 Å². The van der Waals surface area contributed by atoms with Gasteiger partial charge in [-0.05, 0) is 30.5 Å². The number of nitrogens with two attached hydrogens (primary N) is 1. The van der Waals surface area contributed by atoms with E-state index in [1.165, 1.54) is 4.88 Å². The van der Waals surface area contributed by atoms with E-state index in [1.54, 1.807) is 24.5 Å². The highest BCUT2D eigenvalue weighted by Gasteiger charge is 2.08. The molecule has 5 heteroatoms. The Morgan fingerprint density at radius 3 is 2.88 bits per heavy atom. The number of nitrogen functional groups attached to an aromatic ring is 1.